The minimum atomic E-state index is -0.244. The molecule has 0 aliphatic carbocycles. The van der Waals surface area contributed by atoms with Gasteiger partial charge in [-0.3, -0.25) is 10.1 Å². The molecule has 5 nitrogen and oxygen atoms in total. The van der Waals surface area contributed by atoms with E-state index in [9.17, 15) is 4.79 Å². The van der Waals surface area contributed by atoms with Gasteiger partial charge in [-0.1, -0.05) is 46.8 Å². The fraction of sp³-hybridized carbons (Fsp3) is 0.0667. The van der Waals surface area contributed by atoms with Crippen molar-refractivity contribution in [3.8, 4) is 6.07 Å². The molecule has 2 heterocycles. The first-order valence-electron chi connectivity index (χ1n) is 6.66. The molecule has 0 atom stereocenters. The number of hydrogen-bond acceptors (Lipinski definition) is 7. The number of amides is 1. The summed E-state index contributed by atoms with van der Waals surface area (Å²) in [5.74, 6) is 0.473. The van der Waals surface area contributed by atoms with Gasteiger partial charge in [0, 0.05) is 5.75 Å². The van der Waals surface area contributed by atoms with Gasteiger partial charge in [-0.15, -0.1) is 21.5 Å². The lowest BCUT2D eigenvalue weighted by molar-refractivity contribution is 0.103. The summed E-state index contributed by atoms with van der Waals surface area (Å²) >= 11 is 9.88. The van der Waals surface area contributed by atoms with Crippen LogP contribution >= 0.6 is 46.0 Å². The predicted octanol–water partition coefficient (Wildman–Crippen LogP) is 4.67. The number of nitriles is 1. The lowest BCUT2D eigenvalue weighted by Gasteiger charge is -1.98. The molecule has 0 aliphatic rings. The Morgan fingerprint density at radius 2 is 2.00 bits per heavy atom. The summed E-state index contributed by atoms with van der Waals surface area (Å²) in [6, 6.07) is 12.8. The molecule has 1 amide bonds. The van der Waals surface area contributed by atoms with E-state index in [4.69, 9.17) is 16.9 Å². The molecule has 1 aromatic carbocycles. The van der Waals surface area contributed by atoms with Crippen LogP contribution in [0.5, 0.6) is 0 Å². The third-order valence-corrected chi connectivity index (χ3v) is 6.14. The topological polar surface area (TPSA) is 78.7 Å². The first kappa shape index (κ1) is 16.9. The van der Waals surface area contributed by atoms with Crippen LogP contribution in [0.3, 0.4) is 0 Å². The summed E-state index contributed by atoms with van der Waals surface area (Å²) in [5, 5.41) is 20.0. The van der Waals surface area contributed by atoms with Gasteiger partial charge in [-0.05, 0) is 29.8 Å². The van der Waals surface area contributed by atoms with Crippen molar-refractivity contribution in [1.29, 1.82) is 5.26 Å². The van der Waals surface area contributed by atoms with Gasteiger partial charge in [0.2, 0.25) is 5.13 Å². The van der Waals surface area contributed by atoms with E-state index in [1.54, 1.807) is 24.3 Å². The van der Waals surface area contributed by atoms with E-state index in [1.165, 1.54) is 34.4 Å². The molecule has 0 bridgehead atoms. The van der Waals surface area contributed by atoms with Crippen molar-refractivity contribution in [2.75, 3.05) is 5.32 Å². The highest BCUT2D eigenvalue weighted by molar-refractivity contribution is 8.00. The summed E-state index contributed by atoms with van der Waals surface area (Å²) in [4.78, 5) is 12.6. The van der Waals surface area contributed by atoms with E-state index < -0.39 is 0 Å². The van der Waals surface area contributed by atoms with E-state index in [2.05, 4.69) is 21.6 Å². The maximum atomic E-state index is 12.0. The van der Waals surface area contributed by atoms with Crippen LogP contribution in [-0.4, -0.2) is 16.1 Å². The molecular formula is C15H9ClN4OS3. The summed E-state index contributed by atoms with van der Waals surface area (Å²) in [6.07, 6.45) is 0. The van der Waals surface area contributed by atoms with Gasteiger partial charge in [0.05, 0.1) is 20.8 Å². The van der Waals surface area contributed by atoms with Crippen LogP contribution in [0.15, 0.2) is 40.7 Å². The Bertz CT molecular complexity index is 898. The Kier molecular flexibility index (Phi) is 5.48. The third-order valence-electron chi connectivity index (χ3n) is 2.87. The number of carbonyl (C=O) groups excluding carboxylic acids is 1. The molecule has 2 aromatic heterocycles. The van der Waals surface area contributed by atoms with Crippen LogP contribution in [0, 0.1) is 11.3 Å². The molecular weight excluding hydrogens is 384 g/mol. The normalized spacial score (nSPS) is 10.3. The zero-order chi connectivity index (χ0) is 16.9. The predicted molar refractivity (Wildman–Crippen MR) is 97.9 cm³/mol. The summed E-state index contributed by atoms with van der Waals surface area (Å²) in [6.45, 7) is 0. The second-order valence-electron chi connectivity index (χ2n) is 4.53. The molecule has 0 unspecified atom stereocenters. The number of halogens is 1. The number of rotatable bonds is 5. The lowest BCUT2D eigenvalue weighted by Crippen LogP contribution is -2.09. The van der Waals surface area contributed by atoms with E-state index in [1.807, 2.05) is 12.1 Å². The number of carbonyl (C=O) groups is 1. The van der Waals surface area contributed by atoms with Gasteiger partial charge in [-0.25, -0.2) is 0 Å². The number of nitrogens with zero attached hydrogens (tertiary/aromatic N) is 3. The maximum Gasteiger partial charge on any atom is 0.267 e. The van der Waals surface area contributed by atoms with Gasteiger partial charge in [0.25, 0.3) is 5.91 Å². The van der Waals surface area contributed by atoms with Crippen LogP contribution in [0.25, 0.3) is 0 Å². The molecule has 3 aromatic rings. The Hall–Kier alpha value is -1.92. The molecule has 0 radical (unpaired) electrons. The Labute approximate surface area is 155 Å². The number of nitrogens with one attached hydrogen (secondary N) is 1. The minimum absolute atomic E-state index is 0.244. The fourth-order valence-corrected chi connectivity index (χ4v) is 4.38. The van der Waals surface area contributed by atoms with Gasteiger partial charge in [0.15, 0.2) is 4.34 Å². The fourth-order valence-electron chi connectivity index (χ4n) is 1.73. The number of hydrogen-bond donors (Lipinski definition) is 1. The molecule has 0 fully saturated rings. The van der Waals surface area contributed by atoms with Gasteiger partial charge >= 0.3 is 0 Å². The molecule has 120 valence electrons. The second kappa shape index (κ2) is 7.77. The van der Waals surface area contributed by atoms with E-state index in [-0.39, 0.29) is 5.91 Å². The molecule has 1 N–H and O–H groups in total. The number of thioether (sulfide) groups is 1. The quantitative estimate of drug-likeness (QED) is 0.504. The van der Waals surface area contributed by atoms with Crippen LogP contribution in [0.4, 0.5) is 5.13 Å². The van der Waals surface area contributed by atoms with Crippen molar-refractivity contribution in [2.45, 2.75) is 10.1 Å². The zero-order valence-electron chi connectivity index (χ0n) is 12.0. The third kappa shape index (κ3) is 4.33. The van der Waals surface area contributed by atoms with E-state index in [0.29, 0.717) is 19.9 Å². The van der Waals surface area contributed by atoms with Crippen molar-refractivity contribution in [1.82, 2.24) is 10.2 Å². The Morgan fingerprint density at radius 1 is 1.21 bits per heavy atom. The maximum absolute atomic E-state index is 12.0. The Morgan fingerprint density at radius 3 is 2.67 bits per heavy atom. The smallest absolute Gasteiger partial charge is 0.267 e. The van der Waals surface area contributed by atoms with E-state index >= 15 is 0 Å². The van der Waals surface area contributed by atoms with Crippen LogP contribution in [-0.2, 0) is 5.75 Å². The van der Waals surface area contributed by atoms with Crippen molar-refractivity contribution in [2.24, 2.45) is 0 Å². The van der Waals surface area contributed by atoms with Gasteiger partial charge < -0.3 is 0 Å². The first-order chi connectivity index (χ1) is 11.6. The highest BCUT2D eigenvalue weighted by Gasteiger charge is 2.12. The molecule has 3 rings (SSSR count). The van der Waals surface area contributed by atoms with E-state index in [0.717, 1.165) is 15.7 Å². The number of aromatic nitrogens is 2. The standard InChI is InChI=1S/C15H9ClN4OS3/c16-12-6-5-11(23-12)13(21)18-14-19-20-15(24-14)22-8-10-3-1-9(7-17)2-4-10/h1-6H,8H2,(H,18,19,21). The van der Waals surface area contributed by atoms with Crippen molar-refractivity contribution < 1.29 is 4.79 Å². The summed E-state index contributed by atoms with van der Waals surface area (Å²) in [7, 11) is 0. The largest absolute Gasteiger partial charge is 0.296 e. The van der Waals surface area contributed by atoms with Crippen molar-refractivity contribution in [3.63, 3.8) is 0 Å². The highest BCUT2D eigenvalue weighted by Crippen LogP contribution is 2.29. The number of benzene rings is 1. The van der Waals surface area contributed by atoms with Crippen LogP contribution in [0.2, 0.25) is 4.34 Å². The first-order valence-corrected chi connectivity index (χ1v) is 9.66. The molecule has 0 aliphatic heterocycles. The summed E-state index contributed by atoms with van der Waals surface area (Å²) < 4.78 is 1.33. The molecule has 0 spiro atoms. The number of thiophene rings is 1. The number of anilines is 1. The van der Waals surface area contributed by atoms with Crippen LogP contribution < -0.4 is 5.32 Å². The SMILES string of the molecule is N#Cc1ccc(CSc2nnc(NC(=O)c3ccc(Cl)s3)s2)cc1. The summed E-state index contributed by atoms with van der Waals surface area (Å²) in [5.41, 5.74) is 1.73. The van der Waals surface area contributed by atoms with Gasteiger partial charge in [-0.2, -0.15) is 5.26 Å². The van der Waals surface area contributed by atoms with Crippen molar-refractivity contribution >= 4 is 57.1 Å². The molecule has 0 saturated heterocycles. The molecule has 9 heteroatoms. The molecule has 0 saturated carbocycles. The second-order valence-corrected chi connectivity index (χ2v) is 8.44. The van der Waals surface area contributed by atoms with Gasteiger partial charge in [0.1, 0.15) is 0 Å². The van der Waals surface area contributed by atoms with Crippen molar-refractivity contribution in [3.05, 3.63) is 56.7 Å². The molecule has 24 heavy (non-hydrogen) atoms. The average Bonchev–Trinajstić information content (AvgIpc) is 3.22. The lowest BCUT2D eigenvalue weighted by atomic mass is 10.2. The minimum Gasteiger partial charge on any atom is -0.296 e. The Balaban J connectivity index is 1.57. The monoisotopic (exact) mass is 392 g/mol. The zero-order valence-corrected chi connectivity index (χ0v) is 15.2. The van der Waals surface area contributed by atoms with Crippen LogP contribution in [0.1, 0.15) is 20.8 Å². The highest BCUT2D eigenvalue weighted by atomic mass is 35.5. The average molecular weight is 393 g/mol.